The summed E-state index contributed by atoms with van der Waals surface area (Å²) in [4.78, 5) is 22.9. The third-order valence-electron chi connectivity index (χ3n) is 5.65. The number of likely N-dealkylation sites (N-methyl/N-ethyl adjacent to an activating group) is 1. The van der Waals surface area contributed by atoms with Crippen molar-refractivity contribution in [2.45, 2.75) is 31.9 Å². The van der Waals surface area contributed by atoms with Gasteiger partial charge in [-0.2, -0.15) is 5.10 Å². The maximum atomic E-state index is 13.0. The van der Waals surface area contributed by atoms with Crippen LogP contribution in [0.25, 0.3) is 22.0 Å². The van der Waals surface area contributed by atoms with Crippen LogP contribution in [0, 0.1) is 5.92 Å². The molecule has 0 radical (unpaired) electrons. The molecule has 9 heteroatoms. The Balaban J connectivity index is 1.42. The maximum Gasteiger partial charge on any atom is 0.249 e. The van der Waals surface area contributed by atoms with Gasteiger partial charge in [-0.05, 0) is 18.7 Å². The lowest BCUT2D eigenvalue weighted by Crippen LogP contribution is -2.42. The Hall–Kier alpha value is -2.94. The fraction of sp³-hybridized carbons (Fsp3) is 0.400. The number of rotatable bonds is 3. The number of carbonyl (C=O) groups excluding carboxylic acids is 1. The van der Waals surface area contributed by atoms with Gasteiger partial charge < -0.3 is 0 Å². The number of carbonyl (C=O) groups is 1. The van der Waals surface area contributed by atoms with E-state index in [4.69, 9.17) is 0 Å². The molecule has 3 heterocycles. The van der Waals surface area contributed by atoms with E-state index < -0.39 is 30.6 Å². The van der Waals surface area contributed by atoms with E-state index in [-0.39, 0.29) is 5.95 Å². The molecule has 1 aliphatic carbocycles. The number of anilines is 1. The van der Waals surface area contributed by atoms with Crippen LogP contribution in [0.1, 0.15) is 18.5 Å². The number of nitrogens with zero attached hydrogens (tertiary/aromatic N) is 5. The Kier molecular flexibility index (Phi) is 4.09. The minimum absolute atomic E-state index is 0.131. The molecule has 1 fully saturated rings. The summed E-state index contributed by atoms with van der Waals surface area (Å²) in [7, 11) is 2.08. The van der Waals surface area contributed by atoms with E-state index in [0.29, 0.717) is 5.52 Å². The number of hydrogen-bond donors (Lipinski definition) is 1. The quantitative estimate of drug-likeness (QED) is 0.734. The van der Waals surface area contributed by atoms with Crippen molar-refractivity contribution in [2.75, 3.05) is 18.9 Å². The number of fused-ring (bicyclic) bond motifs is 2. The Morgan fingerprint density at radius 2 is 2.07 bits per heavy atom. The van der Waals surface area contributed by atoms with Gasteiger partial charge in [0, 0.05) is 49.0 Å². The highest BCUT2D eigenvalue weighted by Crippen LogP contribution is 2.42. The van der Waals surface area contributed by atoms with E-state index in [0.717, 1.165) is 41.8 Å². The SMILES string of the molecule is CN1CCn2ncc(-c3ccc4cnc(NC(=O)C5CC(F)(F)C5)nc4c3)c2C1. The normalized spacial score (nSPS) is 19.0. The van der Waals surface area contributed by atoms with Gasteiger partial charge in [0.15, 0.2) is 0 Å². The number of halogens is 2. The van der Waals surface area contributed by atoms with Gasteiger partial charge in [-0.3, -0.25) is 19.7 Å². The van der Waals surface area contributed by atoms with Crippen molar-refractivity contribution in [1.82, 2.24) is 24.6 Å². The zero-order valence-electron chi connectivity index (χ0n) is 15.9. The van der Waals surface area contributed by atoms with Crippen LogP contribution in [-0.2, 0) is 17.9 Å². The second-order valence-electron chi connectivity index (χ2n) is 7.88. The van der Waals surface area contributed by atoms with Gasteiger partial charge >= 0.3 is 0 Å². The lowest BCUT2D eigenvalue weighted by atomic mass is 9.81. The molecule has 1 aromatic carbocycles. The third-order valence-corrected chi connectivity index (χ3v) is 5.65. The van der Waals surface area contributed by atoms with E-state index in [1.165, 1.54) is 0 Å². The van der Waals surface area contributed by atoms with Gasteiger partial charge in [0.25, 0.3) is 0 Å². The predicted molar refractivity (Wildman–Crippen MR) is 103 cm³/mol. The van der Waals surface area contributed by atoms with Crippen LogP contribution in [0.3, 0.4) is 0 Å². The van der Waals surface area contributed by atoms with Crippen LogP contribution in [0.15, 0.2) is 30.6 Å². The maximum absolute atomic E-state index is 13.0. The van der Waals surface area contributed by atoms with Gasteiger partial charge in [-0.15, -0.1) is 0 Å². The van der Waals surface area contributed by atoms with Crippen molar-refractivity contribution in [1.29, 1.82) is 0 Å². The number of alkyl halides is 2. The van der Waals surface area contributed by atoms with E-state index in [9.17, 15) is 13.6 Å². The lowest BCUT2D eigenvalue weighted by molar-refractivity contribution is -0.145. The molecule has 0 bridgehead atoms. The van der Waals surface area contributed by atoms with Crippen molar-refractivity contribution in [3.8, 4) is 11.1 Å². The molecular formula is C20H20F2N6O. The minimum Gasteiger partial charge on any atom is -0.299 e. The van der Waals surface area contributed by atoms with E-state index in [1.54, 1.807) is 6.20 Å². The molecule has 1 N–H and O–H groups in total. The molecule has 1 saturated carbocycles. The summed E-state index contributed by atoms with van der Waals surface area (Å²) in [6.07, 6.45) is 2.66. The Labute approximate surface area is 165 Å². The first-order valence-electron chi connectivity index (χ1n) is 9.57. The molecule has 1 amide bonds. The van der Waals surface area contributed by atoms with Crippen LogP contribution >= 0.6 is 0 Å². The van der Waals surface area contributed by atoms with E-state index in [2.05, 4.69) is 32.3 Å². The van der Waals surface area contributed by atoms with Crippen molar-refractivity contribution in [3.05, 3.63) is 36.3 Å². The first kappa shape index (κ1) is 18.1. The fourth-order valence-electron chi connectivity index (χ4n) is 3.92. The molecule has 1 aliphatic heterocycles. The highest BCUT2D eigenvalue weighted by Gasteiger charge is 2.48. The molecule has 29 heavy (non-hydrogen) atoms. The average molecular weight is 398 g/mol. The molecule has 2 aliphatic rings. The summed E-state index contributed by atoms with van der Waals surface area (Å²) in [6.45, 7) is 2.65. The highest BCUT2D eigenvalue weighted by molar-refractivity contribution is 5.93. The molecule has 0 saturated heterocycles. The Bertz CT molecular complexity index is 1100. The van der Waals surface area contributed by atoms with Gasteiger partial charge in [-0.1, -0.05) is 12.1 Å². The van der Waals surface area contributed by atoms with Crippen molar-refractivity contribution < 1.29 is 13.6 Å². The van der Waals surface area contributed by atoms with Gasteiger partial charge in [-0.25, -0.2) is 18.7 Å². The first-order chi connectivity index (χ1) is 13.9. The summed E-state index contributed by atoms with van der Waals surface area (Å²) < 4.78 is 28.0. The molecular weight excluding hydrogens is 378 g/mol. The number of benzene rings is 1. The molecule has 3 aromatic rings. The zero-order valence-corrected chi connectivity index (χ0v) is 15.9. The minimum atomic E-state index is -2.74. The van der Waals surface area contributed by atoms with Crippen molar-refractivity contribution in [2.24, 2.45) is 5.92 Å². The summed E-state index contributed by atoms with van der Waals surface area (Å²) in [6, 6.07) is 5.88. The van der Waals surface area contributed by atoms with Crippen LogP contribution in [0.5, 0.6) is 0 Å². The topological polar surface area (TPSA) is 75.9 Å². The second kappa shape index (κ2) is 6.55. The Morgan fingerprint density at radius 1 is 1.24 bits per heavy atom. The van der Waals surface area contributed by atoms with Crippen LogP contribution in [0.4, 0.5) is 14.7 Å². The molecule has 2 aromatic heterocycles. The Morgan fingerprint density at radius 3 is 2.86 bits per heavy atom. The number of aromatic nitrogens is 4. The monoisotopic (exact) mass is 398 g/mol. The van der Waals surface area contributed by atoms with Crippen LogP contribution in [-0.4, -0.2) is 50.1 Å². The third kappa shape index (κ3) is 3.35. The van der Waals surface area contributed by atoms with Gasteiger partial charge in [0.05, 0.1) is 24.0 Å². The molecule has 0 atom stereocenters. The first-order valence-corrected chi connectivity index (χ1v) is 9.57. The summed E-state index contributed by atoms with van der Waals surface area (Å²) in [5.41, 5.74) is 3.88. The molecule has 150 valence electrons. The average Bonchev–Trinajstić information content (AvgIpc) is 3.08. The second-order valence-corrected chi connectivity index (χ2v) is 7.88. The molecule has 7 nitrogen and oxygen atoms in total. The number of hydrogen-bond acceptors (Lipinski definition) is 5. The van der Waals surface area contributed by atoms with Gasteiger partial charge in [0.1, 0.15) is 0 Å². The number of nitrogens with one attached hydrogen (secondary N) is 1. The molecule has 0 unspecified atom stereocenters. The van der Waals surface area contributed by atoms with Gasteiger partial charge in [0.2, 0.25) is 17.8 Å². The highest BCUT2D eigenvalue weighted by atomic mass is 19.3. The predicted octanol–water partition coefficient (Wildman–Crippen LogP) is 2.92. The van der Waals surface area contributed by atoms with Crippen molar-refractivity contribution in [3.63, 3.8) is 0 Å². The largest absolute Gasteiger partial charge is 0.299 e. The van der Waals surface area contributed by atoms with Crippen molar-refractivity contribution >= 4 is 22.8 Å². The standard InChI is InChI=1S/C20H20F2N6O/c1-27-4-5-28-17(11-27)15(10-24-28)12-2-3-13-9-23-19(25-16(13)6-12)26-18(29)14-7-20(21,22)8-14/h2-3,6,9-10,14H,4-5,7-8,11H2,1H3,(H,23,25,26,29). The number of amides is 1. The smallest absolute Gasteiger partial charge is 0.249 e. The van der Waals surface area contributed by atoms with E-state index in [1.807, 2.05) is 29.1 Å². The van der Waals surface area contributed by atoms with Crippen LogP contribution < -0.4 is 5.32 Å². The summed E-state index contributed by atoms with van der Waals surface area (Å²) in [5.74, 6) is -3.75. The molecule has 0 spiro atoms. The lowest BCUT2D eigenvalue weighted by Gasteiger charge is -2.33. The van der Waals surface area contributed by atoms with E-state index >= 15 is 0 Å². The summed E-state index contributed by atoms with van der Waals surface area (Å²) >= 11 is 0. The molecule has 5 rings (SSSR count). The zero-order chi connectivity index (χ0) is 20.2. The fourth-order valence-corrected chi connectivity index (χ4v) is 3.92. The summed E-state index contributed by atoms with van der Waals surface area (Å²) in [5, 5.41) is 7.89. The van der Waals surface area contributed by atoms with Crippen LogP contribution in [0.2, 0.25) is 0 Å².